The van der Waals surface area contributed by atoms with Crippen LogP contribution in [0.4, 0.5) is 0 Å². The Bertz CT molecular complexity index is 885. The number of esters is 1. The van der Waals surface area contributed by atoms with Gasteiger partial charge in [0.25, 0.3) is 0 Å². The van der Waals surface area contributed by atoms with Crippen LogP contribution < -0.4 is 0 Å². The fraction of sp³-hybridized carbons (Fsp3) is 0.609. The van der Waals surface area contributed by atoms with Crippen LogP contribution in [0.1, 0.15) is 63.9 Å². The number of ether oxygens (including phenoxy) is 2. The molecule has 1 aromatic rings. The zero-order valence-electron chi connectivity index (χ0n) is 17.6. The lowest BCUT2D eigenvalue weighted by Gasteiger charge is -2.38. The van der Waals surface area contributed by atoms with Crippen LogP contribution >= 0.6 is 0 Å². The van der Waals surface area contributed by atoms with E-state index in [-0.39, 0.29) is 29.9 Å². The van der Waals surface area contributed by atoms with Gasteiger partial charge in [0.1, 0.15) is 24.0 Å². The van der Waals surface area contributed by atoms with Crippen molar-refractivity contribution in [1.29, 1.82) is 0 Å². The Morgan fingerprint density at radius 2 is 2.07 bits per heavy atom. The molecule has 2 aliphatic heterocycles. The summed E-state index contributed by atoms with van der Waals surface area (Å²) in [6.45, 7) is 8.80. The van der Waals surface area contributed by atoms with Crippen LogP contribution in [0, 0.1) is 18.3 Å². The predicted octanol–water partition coefficient (Wildman–Crippen LogP) is 4.13. The van der Waals surface area contributed by atoms with E-state index in [0.29, 0.717) is 36.5 Å². The van der Waals surface area contributed by atoms with Crippen molar-refractivity contribution in [3.8, 4) is 0 Å². The van der Waals surface area contributed by atoms with E-state index in [2.05, 4.69) is 13.8 Å². The maximum atomic E-state index is 13.1. The molecule has 0 N–H and O–H groups in total. The Morgan fingerprint density at radius 3 is 2.72 bits per heavy atom. The standard InChI is InChI=1S/C23H29NO5/c1-13-7-8-18(29-13)21-19(22(26)28-12-15-6-5-9-27-15)14(2)24-16-10-23(3,4)11-17(25)20(16)21/h7-8,15,19,21H,5-6,9-12H2,1-4H3/t15-,19+,21-/m0/s1. The van der Waals surface area contributed by atoms with Gasteiger partial charge in [0.15, 0.2) is 5.78 Å². The van der Waals surface area contributed by atoms with Gasteiger partial charge in [-0.25, -0.2) is 0 Å². The second kappa shape index (κ2) is 7.56. The smallest absolute Gasteiger partial charge is 0.315 e. The predicted molar refractivity (Wildman–Crippen MR) is 108 cm³/mol. The van der Waals surface area contributed by atoms with Gasteiger partial charge < -0.3 is 13.9 Å². The molecule has 0 saturated carbocycles. The molecular formula is C23H29NO5. The summed E-state index contributed by atoms with van der Waals surface area (Å²) in [5.41, 5.74) is 1.93. The highest BCUT2D eigenvalue weighted by atomic mass is 16.6. The number of carbonyl (C=O) groups excluding carboxylic acids is 2. The second-order valence-corrected chi connectivity index (χ2v) is 9.22. The highest BCUT2D eigenvalue weighted by Gasteiger charge is 2.47. The van der Waals surface area contributed by atoms with Crippen LogP contribution in [0.2, 0.25) is 0 Å². The van der Waals surface area contributed by atoms with Crippen LogP contribution in [0.3, 0.4) is 0 Å². The molecule has 156 valence electrons. The van der Waals surface area contributed by atoms with E-state index in [1.807, 2.05) is 26.0 Å². The second-order valence-electron chi connectivity index (χ2n) is 9.22. The number of allylic oxidation sites excluding steroid dienone is 2. The minimum atomic E-state index is -0.661. The lowest BCUT2D eigenvalue weighted by molar-refractivity contribution is -0.150. The monoisotopic (exact) mass is 399 g/mol. The molecule has 6 heteroatoms. The van der Waals surface area contributed by atoms with Crippen LogP contribution in [0.15, 0.2) is 32.8 Å². The number of nitrogens with zero attached hydrogens (tertiary/aromatic N) is 1. The summed E-state index contributed by atoms with van der Waals surface area (Å²) >= 11 is 0. The summed E-state index contributed by atoms with van der Waals surface area (Å²) in [6, 6.07) is 3.72. The molecule has 0 radical (unpaired) electrons. The van der Waals surface area contributed by atoms with Crippen molar-refractivity contribution in [3.05, 3.63) is 34.9 Å². The first-order valence-corrected chi connectivity index (χ1v) is 10.4. The first kappa shape index (κ1) is 20.1. The van der Waals surface area contributed by atoms with Crippen molar-refractivity contribution < 1.29 is 23.5 Å². The summed E-state index contributed by atoms with van der Waals surface area (Å²) < 4.78 is 17.1. The van der Waals surface area contributed by atoms with Crippen LogP contribution in [0.25, 0.3) is 0 Å². The van der Waals surface area contributed by atoms with Crippen molar-refractivity contribution in [1.82, 2.24) is 0 Å². The van der Waals surface area contributed by atoms with Gasteiger partial charge in [-0.2, -0.15) is 0 Å². The molecule has 0 spiro atoms. The van der Waals surface area contributed by atoms with Crippen molar-refractivity contribution in [2.75, 3.05) is 13.2 Å². The van der Waals surface area contributed by atoms with Gasteiger partial charge in [-0.1, -0.05) is 13.8 Å². The Kier molecular flexibility index (Phi) is 5.23. The number of furan rings is 1. The van der Waals surface area contributed by atoms with Crippen LogP contribution in [-0.4, -0.2) is 36.8 Å². The molecular weight excluding hydrogens is 370 g/mol. The van der Waals surface area contributed by atoms with E-state index in [9.17, 15) is 9.59 Å². The van der Waals surface area contributed by atoms with Crippen molar-refractivity contribution in [2.45, 2.75) is 65.4 Å². The van der Waals surface area contributed by atoms with E-state index in [1.165, 1.54) is 0 Å². The number of rotatable bonds is 4. The van der Waals surface area contributed by atoms with E-state index in [1.54, 1.807) is 0 Å². The summed E-state index contributed by atoms with van der Waals surface area (Å²) in [5, 5.41) is 0. The number of hydrogen-bond acceptors (Lipinski definition) is 6. The highest BCUT2D eigenvalue weighted by Crippen LogP contribution is 2.48. The molecule has 1 aliphatic carbocycles. The quantitative estimate of drug-likeness (QED) is 0.712. The summed E-state index contributed by atoms with van der Waals surface area (Å²) in [4.78, 5) is 31.0. The summed E-state index contributed by atoms with van der Waals surface area (Å²) in [5.74, 6) is -0.107. The van der Waals surface area contributed by atoms with Gasteiger partial charge in [0, 0.05) is 30.0 Å². The first-order chi connectivity index (χ1) is 13.7. The molecule has 3 aliphatic rings. The zero-order chi connectivity index (χ0) is 20.8. The van der Waals surface area contributed by atoms with Crippen molar-refractivity contribution >= 4 is 17.5 Å². The molecule has 0 unspecified atom stereocenters. The third-order valence-corrected chi connectivity index (χ3v) is 6.06. The summed E-state index contributed by atoms with van der Waals surface area (Å²) in [7, 11) is 0. The van der Waals surface area contributed by atoms with Gasteiger partial charge in [-0.05, 0) is 50.7 Å². The fourth-order valence-corrected chi connectivity index (χ4v) is 4.72. The molecule has 3 heterocycles. The third kappa shape index (κ3) is 3.95. The number of aryl methyl sites for hydroxylation is 1. The minimum absolute atomic E-state index is 0.0449. The van der Waals surface area contributed by atoms with Gasteiger partial charge in [-0.3, -0.25) is 14.6 Å². The number of carbonyl (C=O) groups is 2. The number of ketones is 1. The molecule has 0 amide bonds. The Balaban J connectivity index is 1.69. The normalized spacial score (nSPS) is 28.9. The minimum Gasteiger partial charge on any atom is -0.466 e. The van der Waals surface area contributed by atoms with Crippen LogP contribution in [0.5, 0.6) is 0 Å². The molecule has 1 aromatic heterocycles. The van der Waals surface area contributed by atoms with E-state index in [4.69, 9.17) is 18.9 Å². The average molecular weight is 399 g/mol. The van der Waals surface area contributed by atoms with Gasteiger partial charge >= 0.3 is 5.97 Å². The zero-order valence-corrected chi connectivity index (χ0v) is 17.6. The molecule has 4 rings (SSSR count). The molecule has 1 fully saturated rings. The Morgan fingerprint density at radius 1 is 1.28 bits per heavy atom. The highest BCUT2D eigenvalue weighted by molar-refractivity contribution is 6.08. The van der Waals surface area contributed by atoms with E-state index >= 15 is 0 Å². The fourth-order valence-electron chi connectivity index (χ4n) is 4.72. The number of aliphatic imine (C=N–C) groups is 1. The maximum absolute atomic E-state index is 13.1. The van der Waals surface area contributed by atoms with E-state index in [0.717, 1.165) is 24.3 Å². The van der Waals surface area contributed by atoms with E-state index < -0.39 is 11.8 Å². The first-order valence-electron chi connectivity index (χ1n) is 10.4. The summed E-state index contributed by atoms with van der Waals surface area (Å²) in [6.07, 6.45) is 2.99. The number of Topliss-reactive ketones (excluding diaryl/α,β-unsaturated/α-hetero) is 1. The largest absolute Gasteiger partial charge is 0.466 e. The van der Waals surface area contributed by atoms with Crippen molar-refractivity contribution in [3.63, 3.8) is 0 Å². The molecule has 29 heavy (non-hydrogen) atoms. The topological polar surface area (TPSA) is 78.1 Å². The van der Waals surface area contributed by atoms with Gasteiger partial charge in [0.05, 0.1) is 12.0 Å². The molecule has 6 nitrogen and oxygen atoms in total. The Hall–Kier alpha value is -2.21. The lowest BCUT2D eigenvalue weighted by atomic mass is 9.68. The van der Waals surface area contributed by atoms with Crippen molar-refractivity contribution in [2.24, 2.45) is 16.3 Å². The van der Waals surface area contributed by atoms with Gasteiger partial charge in [0.2, 0.25) is 0 Å². The molecule has 1 saturated heterocycles. The third-order valence-electron chi connectivity index (χ3n) is 6.06. The molecule has 0 bridgehead atoms. The van der Waals surface area contributed by atoms with Crippen LogP contribution in [-0.2, 0) is 19.1 Å². The molecule has 3 atom stereocenters. The Labute approximate surface area is 171 Å². The van der Waals surface area contributed by atoms with Gasteiger partial charge in [-0.15, -0.1) is 0 Å². The maximum Gasteiger partial charge on any atom is 0.315 e. The SMILES string of the molecule is CC1=NC2=C(C(=O)CC(C)(C)C2)[C@@H](c2ccc(C)o2)[C@@H]1C(=O)OC[C@@H]1CCCO1. The lowest BCUT2D eigenvalue weighted by Crippen LogP contribution is -2.40. The molecule has 0 aromatic carbocycles. The number of hydrogen-bond donors (Lipinski definition) is 0. The average Bonchev–Trinajstić information content (AvgIpc) is 3.28.